The Hall–Kier alpha value is -1.84. The van der Waals surface area contributed by atoms with Gasteiger partial charge in [-0.2, -0.15) is 0 Å². The number of carbonyl (C=O) groups excluding carboxylic acids is 2. The number of ether oxygens (including phenoxy) is 1. The number of benzene rings is 1. The molecule has 1 aliphatic carbocycles. The first-order valence-electron chi connectivity index (χ1n) is 8.20. The molecule has 1 amide bonds. The van der Waals surface area contributed by atoms with Crippen molar-refractivity contribution in [3.8, 4) is 0 Å². The molecule has 1 aromatic rings. The summed E-state index contributed by atoms with van der Waals surface area (Å²) in [5.41, 5.74) is 0.757. The topological polar surface area (TPSA) is 46.6 Å². The minimum Gasteiger partial charge on any atom is -0.443 e. The summed E-state index contributed by atoms with van der Waals surface area (Å²) >= 11 is 0. The zero-order valence-electron chi connectivity index (χ0n) is 13.1. The zero-order chi connectivity index (χ0) is 15.6. The molecule has 0 unspecified atom stereocenters. The summed E-state index contributed by atoms with van der Waals surface area (Å²) < 4.78 is 5.81. The van der Waals surface area contributed by atoms with Crippen molar-refractivity contribution >= 4 is 11.9 Å². The molecule has 1 aliphatic heterocycles. The van der Waals surface area contributed by atoms with Gasteiger partial charge in [-0.05, 0) is 24.8 Å². The maximum absolute atomic E-state index is 12.5. The number of Topliss-reactive ketones (excluding diaryl/α,β-unsaturated/α-hetero) is 1. The van der Waals surface area contributed by atoms with Crippen LogP contribution in [0.5, 0.6) is 0 Å². The smallest absolute Gasteiger partial charge is 0.410 e. The van der Waals surface area contributed by atoms with E-state index in [2.05, 4.69) is 19.1 Å². The van der Waals surface area contributed by atoms with Crippen LogP contribution in [0.25, 0.3) is 0 Å². The minimum atomic E-state index is -0.392. The number of hydrogen-bond acceptors (Lipinski definition) is 3. The molecule has 1 spiro atoms. The molecule has 0 N–H and O–H groups in total. The van der Waals surface area contributed by atoms with E-state index in [1.54, 1.807) is 0 Å². The van der Waals surface area contributed by atoms with Crippen molar-refractivity contribution in [2.45, 2.75) is 57.1 Å². The molecule has 1 saturated heterocycles. The van der Waals surface area contributed by atoms with Crippen LogP contribution in [0.4, 0.5) is 4.79 Å². The van der Waals surface area contributed by atoms with Crippen LogP contribution >= 0.6 is 0 Å². The van der Waals surface area contributed by atoms with Crippen LogP contribution in [0, 0.1) is 0 Å². The Morgan fingerprint density at radius 3 is 2.41 bits per heavy atom. The summed E-state index contributed by atoms with van der Waals surface area (Å²) in [6.45, 7) is 2.80. The fraction of sp³-hybridized carbons (Fsp3) is 0.556. The first-order chi connectivity index (χ1) is 10.6. The van der Waals surface area contributed by atoms with Crippen LogP contribution in [0.1, 0.15) is 57.1 Å². The lowest BCUT2D eigenvalue weighted by atomic mass is 9.80. The molecule has 2 fully saturated rings. The fourth-order valence-electron chi connectivity index (χ4n) is 3.64. The molecule has 2 aliphatic rings. The molecular formula is C18H23NO3. The lowest BCUT2D eigenvalue weighted by molar-refractivity contribution is -0.129. The van der Waals surface area contributed by atoms with Gasteiger partial charge in [-0.25, -0.2) is 4.79 Å². The Bertz CT molecular complexity index is 545. The number of carbonyl (C=O) groups is 2. The second-order valence-corrected chi connectivity index (χ2v) is 6.37. The molecule has 1 atom stereocenters. The standard InChI is InChI=1S/C18H23NO3/c1-2-16(14-6-4-3-5-7-14)19-13-12-18(22-17(19)21)10-8-15(20)9-11-18/h3-7,16H,2,8-13H2,1H3/t16-/m0/s1. The van der Waals surface area contributed by atoms with Gasteiger partial charge in [0.15, 0.2) is 0 Å². The van der Waals surface area contributed by atoms with Crippen LogP contribution in [-0.4, -0.2) is 28.9 Å². The SMILES string of the molecule is CC[C@@H](c1ccccc1)N1CCC2(CCC(=O)CC2)OC1=O. The van der Waals surface area contributed by atoms with Crippen molar-refractivity contribution in [1.29, 1.82) is 0 Å². The normalized spacial score (nSPS) is 22.5. The highest BCUT2D eigenvalue weighted by atomic mass is 16.6. The summed E-state index contributed by atoms with van der Waals surface area (Å²) in [4.78, 5) is 25.8. The van der Waals surface area contributed by atoms with E-state index in [-0.39, 0.29) is 12.1 Å². The lowest BCUT2D eigenvalue weighted by Crippen LogP contribution is -2.52. The molecule has 0 bridgehead atoms. The van der Waals surface area contributed by atoms with Gasteiger partial charge in [0.25, 0.3) is 0 Å². The van der Waals surface area contributed by atoms with E-state index < -0.39 is 5.60 Å². The number of amides is 1. The molecule has 118 valence electrons. The summed E-state index contributed by atoms with van der Waals surface area (Å²) in [7, 11) is 0. The number of ketones is 1. The highest BCUT2D eigenvalue weighted by Gasteiger charge is 2.44. The van der Waals surface area contributed by atoms with E-state index in [1.807, 2.05) is 23.1 Å². The quantitative estimate of drug-likeness (QED) is 0.851. The average Bonchev–Trinajstić information content (AvgIpc) is 2.54. The summed E-state index contributed by atoms with van der Waals surface area (Å²) in [6, 6.07) is 10.2. The minimum absolute atomic E-state index is 0.0660. The third-order valence-corrected chi connectivity index (χ3v) is 5.01. The Morgan fingerprint density at radius 1 is 1.14 bits per heavy atom. The Labute approximate surface area is 131 Å². The molecule has 1 heterocycles. The third kappa shape index (κ3) is 2.87. The van der Waals surface area contributed by atoms with E-state index in [1.165, 1.54) is 0 Å². The van der Waals surface area contributed by atoms with Gasteiger partial charge < -0.3 is 9.64 Å². The van der Waals surface area contributed by atoms with E-state index in [9.17, 15) is 9.59 Å². The molecule has 4 heteroatoms. The van der Waals surface area contributed by atoms with Gasteiger partial charge in [0.05, 0.1) is 6.04 Å². The predicted molar refractivity (Wildman–Crippen MR) is 83.5 cm³/mol. The van der Waals surface area contributed by atoms with Crippen LogP contribution in [-0.2, 0) is 9.53 Å². The number of rotatable bonds is 3. The number of nitrogens with zero attached hydrogens (tertiary/aromatic N) is 1. The Kier molecular flexibility index (Phi) is 4.19. The maximum atomic E-state index is 12.5. The van der Waals surface area contributed by atoms with E-state index in [4.69, 9.17) is 4.74 Å². The molecule has 0 aromatic heterocycles. The van der Waals surface area contributed by atoms with Crippen molar-refractivity contribution in [1.82, 2.24) is 4.90 Å². The van der Waals surface area contributed by atoms with E-state index in [0.29, 0.717) is 38.0 Å². The van der Waals surface area contributed by atoms with Gasteiger partial charge in [0.2, 0.25) is 0 Å². The predicted octanol–water partition coefficient (Wildman–Crippen LogP) is 3.86. The average molecular weight is 301 g/mol. The van der Waals surface area contributed by atoms with Crippen molar-refractivity contribution in [2.75, 3.05) is 6.54 Å². The van der Waals surface area contributed by atoms with Gasteiger partial charge in [0, 0.05) is 25.8 Å². The van der Waals surface area contributed by atoms with Crippen LogP contribution in [0.2, 0.25) is 0 Å². The maximum Gasteiger partial charge on any atom is 0.410 e. The van der Waals surface area contributed by atoms with Gasteiger partial charge in [-0.15, -0.1) is 0 Å². The second kappa shape index (κ2) is 6.11. The summed E-state index contributed by atoms with van der Waals surface area (Å²) in [6.07, 6.45) is 3.93. The monoisotopic (exact) mass is 301 g/mol. The zero-order valence-corrected chi connectivity index (χ0v) is 13.1. The van der Waals surface area contributed by atoms with Gasteiger partial charge >= 0.3 is 6.09 Å². The van der Waals surface area contributed by atoms with Crippen molar-refractivity contribution < 1.29 is 14.3 Å². The molecule has 4 nitrogen and oxygen atoms in total. The van der Waals surface area contributed by atoms with E-state index >= 15 is 0 Å². The van der Waals surface area contributed by atoms with Gasteiger partial charge in [0.1, 0.15) is 11.4 Å². The number of hydrogen-bond donors (Lipinski definition) is 0. The van der Waals surface area contributed by atoms with Gasteiger partial charge in [-0.1, -0.05) is 37.3 Å². The van der Waals surface area contributed by atoms with Crippen LogP contribution < -0.4 is 0 Å². The van der Waals surface area contributed by atoms with E-state index in [0.717, 1.165) is 18.4 Å². The molecule has 3 rings (SSSR count). The molecule has 0 radical (unpaired) electrons. The van der Waals surface area contributed by atoms with Crippen molar-refractivity contribution in [2.24, 2.45) is 0 Å². The third-order valence-electron chi connectivity index (χ3n) is 5.01. The molecular weight excluding hydrogens is 278 g/mol. The second-order valence-electron chi connectivity index (χ2n) is 6.37. The summed E-state index contributed by atoms with van der Waals surface area (Å²) in [5.74, 6) is 0.292. The molecule has 22 heavy (non-hydrogen) atoms. The fourth-order valence-corrected chi connectivity index (χ4v) is 3.64. The largest absolute Gasteiger partial charge is 0.443 e. The first kappa shape index (κ1) is 15.1. The van der Waals surface area contributed by atoms with Crippen molar-refractivity contribution in [3.05, 3.63) is 35.9 Å². The van der Waals surface area contributed by atoms with Crippen LogP contribution in [0.3, 0.4) is 0 Å². The van der Waals surface area contributed by atoms with Gasteiger partial charge in [-0.3, -0.25) is 4.79 Å². The highest BCUT2D eigenvalue weighted by Crippen LogP contribution is 2.39. The summed E-state index contributed by atoms with van der Waals surface area (Å²) in [5, 5.41) is 0. The Morgan fingerprint density at radius 2 is 1.82 bits per heavy atom. The highest BCUT2D eigenvalue weighted by molar-refractivity contribution is 5.80. The molecule has 1 aromatic carbocycles. The molecule has 1 saturated carbocycles. The Balaban J connectivity index is 1.72. The van der Waals surface area contributed by atoms with Crippen LogP contribution in [0.15, 0.2) is 30.3 Å². The lowest BCUT2D eigenvalue weighted by Gasteiger charge is -2.45. The van der Waals surface area contributed by atoms with Crippen molar-refractivity contribution in [3.63, 3.8) is 0 Å². The first-order valence-corrected chi connectivity index (χ1v) is 8.20.